The van der Waals surface area contributed by atoms with Gasteiger partial charge in [0.2, 0.25) is 0 Å². The molecule has 0 aromatic heterocycles. The van der Waals surface area contributed by atoms with E-state index < -0.39 is 23.9 Å². The first kappa shape index (κ1) is 20.1. The van der Waals surface area contributed by atoms with Crippen molar-refractivity contribution in [3.05, 3.63) is 94.5 Å². The molecule has 0 bridgehead atoms. The molecule has 3 N–H and O–H groups in total. The molecule has 4 rings (SSSR count). The molecule has 5 nitrogen and oxygen atoms in total. The van der Waals surface area contributed by atoms with Gasteiger partial charge in [-0.25, -0.2) is 0 Å². The Hall–Kier alpha value is -3.15. The fraction of sp³-hybridized carbons (Fsp3) is 0.167. The molecule has 0 saturated carbocycles. The van der Waals surface area contributed by atoms with E-state index in [1.165, 1.54) is 0 Å². The van der Waals surface area contributed by atoms with Gasteiger partial charge >= 0.3 is 11.9 Å². The number of aliphatic carboxylic acids is 1. The molecule has 1 aliphatic rings. The minimum Gasteiger partial charge on any atom is -0.481 e. The number of carboxylic acid groups (broad SMARTS) is 1. The van der Waals surface area contributed by atoms with Gasteiger partial charge in [-0.3, -0.25) is 9.59 Å². The summed E-state index contributed by atoms with van der Waals surface area (Å²) in [6.07, 6.45) is 0. The third-order valence-corrected chi connectivity index (χ3v) is 5.74. The average Bonchev–Trinajstić information content (AvgIpc) is 3.06. The molecule has 2 atom stereocenters. The molecule has 1 aliphatic carbocycles. The number of carbonyl (C=O) groups is 2. The van der Waals surface area contributed by atoms with Crippen LogP contribution in [0.5, 0.6) is 0 Å². The highest BCUT2D eigenvalue weighted by Gasteiger charge is 2.37. The predicted molar refractivity (Wildman–Crippen MR) is 114 cm³/mol. The number of rotatable bonds is 6. The first-order valence-electron chi connectivity index (χ1n) is 9.56. The molecule has 0 spiro atoms. The number of halogens is 1. The van der Waals surface area contributed by atoms with Crippen molar-refractivity contribution in [1.82, 2.24) is 0 Å². The van der Waals surface area contributed by atoms with Crippen LogP contribution in [0, 0.1) is 5.92 Å². The van der Waals surface area contributed by atoms with E-state index in [4.69, 9.17) is 22.1 Å². The predicted octanol–water partition coefficient (Wildman–Crippen LogP) is 4.40. The number of carbonyl (C=O) groups excluding carboxylic acids is 1. The van der Waals surface area contributed by atoms with Crippen molar-refractivity contribution in [3.63, 3.8) is 0 Å². The summed E-state index contributed by atoms with van der Waals surface area (Å²) in [4.78, 5) is 24.5. The number of fused-ring (bicyclic) bond motifs is 3. The maximum absolute atomic E-state index is 12.7. The van der Waals surface area contributed by atoms with Crippen LogP contribution in [0.25, 0.3) is 11.1 Å². The van der Waals surface area contributed by atoms with Crippen LogP contribution in [-0.4, -0.2) is 23.7 Å². The Morgan fingerprint density at radius 2 is 1.47 bits per heavy atom. The highest BCUT2D eigenvalue weighted by molar-refractivity contribution is 6.30. The second-order valence-electron chi connectivity index (χ2n) is 7.25. The summed E-state index contributed by atoms with van der Waals surface area (Å²) in [5.41, 5.74) is 10.9. The summed E-state index contributed by atoms with van der Waals surface area (Å²) in [7, 11) is 0. The van der Waals surface area contributed by atoms with E-state index in [1.54, 1.807) is 24.3 Å². The number of carboxylic acids is 1. The van der Waals surface area contributed by atoms with Crippen LogP contribution in [0.2, 0.25) is 5.02 Å². The third kappa shape index (κ3) is 3.70. The molecule has 30 heavy (non-hydrogen) atoms. The number of hydrogen-bond acceptors (Lipinski definition) is 4. The fourth-order valence-corrected chi connectivity index (χ4v) is 4.10. The van der Waals surface area contributed by atoms with Crippen LogP contribution in [0.1, 0.15) is 28.7 Å². The van der Waals surface area contributed by atoms with Gasteiger partial charge in [-0.2, -0.15) is 0 Å². The van der Waals surface area contributed by atoms with E-state index in [0.717, 1.165) is 22.3 Å². The van der Waals surface area contributed by atoms with E-state index in [9.17, 15) is 14.7 Å². The summed E-state index contributed by atoms with van der Waals surface area (Å²) < 4.78 is 5.50. The maximum atomic E-state index is 12.7. The lowest BCUT2D eigenvalue weighted by Crippen LogP contribution is -2.36. The van der Waals surface area contributed by atoms with Gasteiger partial charge in [-0.15, -0.1) is 0 Å². The number of hydrogen-bond donors (Lipinski definition) is 2. The molecule has 152 valence electrons. The van der Waals surface area contributed by atoms with Crippen LogP contribution in [0.3, 0.4) is 0 Å². The van der Waals surface area contributed by atoms with Crippen molar-refractivity contribution in [2.75, 3.05) is 6.61 Å². The van der Waals surface area contributed by atoms with E-state index in [-0.39, 0.29) is 12.5 Å². The SMILES string of the molecule is NC(c1ccc(Cl)cc1)[C@H](C(=O)O)C(=O)OCC1c2ccccc2-c2ccccc21. The topological polar surface area (TPSA) is 89.6 Å². The van der Waals surface area contributed by atoms with Gasteiger partial charge in [0.1, 0.15) is 6.61 Å². The van der Waals surface area contributed by atoms with Crippen molar-refractivity contribution in [2.24, 2.45) is 11.7 Å². The number of nitrogens with two attached hydrogens (primary N) is 1. The Labute approximate surface area is 179 Å². The van der Waals surface area contributed by atoms with Gasteiger partial charge in [-0.05, 0) is 39.9 Å². The minimum absolute atomic E-state index is 0.0456. The van der Waals surface area contributed by atoms with Crippen LogP contribution in [0.15, 0.2) is 72.8 Å². The molecular formula is C24H20ClNO4. The van der Waals surface area contributed by atoms with Crippen molar-refractivity contribution >= 4 is 23.5 Å². The van der Waals surface area contributed by atoms with Crippen LogP contribution >= 0.6 is 11.6 Å². The molecule has 0 aliphatic heterocycles. The molecule has 0 radical (unpaired) electrons. The van der Waals surface area contributed by atoms with Crippen molar-refractivity contribution in [3.8, 4) is 11.1 Å². The summed E-state index contributed by atoms with van der Waals surface area (Å²) in [5, 5.41) is 10.1. The molecule has 0 fully saturated rings. The standard InChI is InChI=1S/C24H20ClNO4/c25-15-11-9-14(10-12-15)22(26)21(23(27)28)24(29)30-13-20-18-7-3-1-5-16(18)17-6-2-4-8-19(17)20/h1-12,20-22H,13,26H2,(H,27,28)/t21-,22?/m1/s1. The van der Waals surface area contributed by atoms with E-state index in [0.29, 0.717) is 10.6 Å². The fourth-order valence-electron chi connectivity index (χ4n) is 3.97. The zero-order valence-electron chi connectivity index (χ0n) is 16.0. The maximum Gasteiger partial charge on any atom is 0.322 e. The molecule has 0 amide bonds. The average molecular weight is 422 g/mol. The van der Waals surface area contributed by atoms with Crippen molar-refractivity contribution in [1.29, 1.82) is 0 Å². The Bertz CT molecular complexity index is 1050. The summed E-state index contributed by atoms with van der Waals surface area (Å²) in [5.74, 6) is -3.85. The molecule has 0 saturated heterocycles. The highest BCUT2D eigenvalue weighted by atomic mass is 35.5. The Morgan fingerprint density at radius 3 is 2.00 bits per heavy atom. The molecule has 6 heteroatoms. The highest BCUT2D eigenvalue weighted by Crippen LogP contribution is 2.44. The first-order valence-corrected chi connectivity index (χ1v) is 9.94. The van der Waals surface area contributed by atoms with Crippen molar-refractivity contribution in [2.45, 2.75) is 12.0 Å². The molecule has 1 unspecified atom stereocenters. The smallest absolute Gasteiger partial charge is 0.322 e. The lowest BCUT2D eigenvalue weighted by molar-refractivity contribution is -0.160. The van der Waals surface area contributed by atoms with Crippen molar-refractivity contribution < 1.29 is 19.4 Å². The van der Waals surface area contributed by atoms with Gasteiger partial charge < -0.3 is 15.6 Å². The lowest BCUT2D eigenvalue weighted by Gasteiger charge is -2.21. The number of esters is 1. The van der Waals surface area contributed by atoms with Crippen LogP contribution in [0.4, 0.5) is 0 Å². The van der Waals surface area contributed by atoms with Gasteiger partial charge in [0.25, 0.3) is 0 Å². The lowest BCUT2D eigenvalue weighted by atomic mass is 9.93. The van der Waals surface area contributed by atoms with E-state index in [1.807, 2.05) is 48.5 Å². The minimum atomic E-state index is -1.52. The summed E-state index contributed by atoms with van der Waals surface area (Å²) >= 11 is 5.88. The second-order valence-corrected chi connectivity index (χ2v) is 7.69. The third-order valence-electron chi connectivity index (χ3n) is 5.49. The monoisotopic (exact) mass is 421 g/mol. The second kappa shape index (κ2) is 8.30. The zero-order valence-corrected chi connectivity index (χ0v) is 16.8. The summed E-state index contributed by atoms with van der Waals surface area (Å²) in [6.45, 7) is 0.0456. The number of ether oxygens (including phenoxy) is 1. The van der Waals surface area contributed by atoms with E-state index in [2.05, 4.69) is 0 Å². The first-order chi connectivity index (χ1) is 14.5. The molecule has 3 aromatic rings. The Kier molecular flexibility index (Phi) is 5.57. The van der Waals surface area contributed by atoms with E-state index >= 15 is 0 Å². The Balaban J connectivity index is 1.54. The quantitative estimate of drug-likeness (QED) is 0.455. The molecular weight excluding hydrogens is 402 g/mol. The van der Waals surface area contributed by atoms with Crippen LogP contribution in [-0.2, 0) is 14.3 Å². The normalized spacial score (nSPS) is 14.5. The van der Waals surface area contributed by atoms with Gasteiger partial charge in [0, 0.05) is 10.9 Å². The zero-order chi connectivity index (χ0) is 21.3. The molecule has 0 heterocycles. The van der Waals surface area contributed by atoms with Gasteiger partial charge in [0.15, 0.2) is 5.92 Å². The van der Waals surface area contributed by atoms with Crippen LogP contribution < -0.4 is 5.73 Å². The number of benzene rings is 3. The largest absolute Gasteiger partial charge is 0.481 e. The van der Waals surface area contributed by atoms with Gasteiger partial charge in [-0.1, -0.05) is 72.3 Å². The Morgan fingerprint density at radius 1 is 0.933 bits per heavy atom. The van der Waals surface area contributed by atoms with Gasteiger partial charge in [0.05, 0.1) is 6.04 Å². The molecule has 3 aromatic carbocycles. The summed E-state index contributed by atoms with van der Waals surface area (Å²) in [6, 6.07) is 21.3.